The second-order valence-corrected chi connectivity index (χ2v) is 5.30. The van der Waals surface area contributed by atoms with Crippen molar-refractivity contribution in [3.63, 3.8) is 0 Å². The fraction of sp³-hybridized carbons (Fsp3) is 0.462. The summed E-state index contributed by atoms with van der Waals surface area (Å²) in [5, 5.41) is 0. The lowest BCUT2D eigenvalue weighted by Crippen LogP contribution is -2.41. The Morgan fingerprint density at radius 2 is 2.16 bits per heavy atom. The molecule has 0 heterocycles. The highest BCUT2D eigenvalue weighted by Gasteiger charge is 2.18. The highest BCUT2D eigenvalue weighted by atomic mass is 32.2. The van der Waals surface area contributed by atoms with Crippen molar-refractivity contribution in [2.45, 2.75) is 19.0 Å². The number of rotatable bonds is 6. The fourth-order valence-corrected chi connectivity index (χ4v) is 2.12. The molecule has 106 valence electrons. The zero-order valence-electron chi connectivity index (χ0n) is 11.0. The van der Waals surface area contributed by atoms with Gasteiger partial charge in [0.2, 0.25) is 5.91 Å². The van der Waals surface area contributed by atoms with Gasteiger partial charge in [0.25, 0.3) is 0 Å². The molecule has 0 aliphatic heterocycles. The Kier molecular flexibility index (Phi) is 6.24. The van der Waals surface area contributed by atoms with Crippen LogP contribution in [0.4, 0.5) is 8.78 Å². The minimum atomic E-state index is -0.655. The molecule has 0 saturated heterocycles. The molecule has 0 unspecified atom stereocenters. The standard InChI is InChI=1S/C13H18F2N2OS/c1-17(13(18)12(16)5-6-19-2)8-9-3-4-10(14)7-11(9)15/h3-4,7,12H,5-6,8,16H2,1-2H3/t12-/m1/s1. The maximum absolute atomic E-state index is 13.5. The van der Waals surface area contributed by atoms with Gasteiger partial charge >= 0.3 is 0 Å². The van der Waals surface area contributed by atoms with Crippen molar-refractivity contribution in [3.8, 4) is 0 Å². The summed E-state index contributed by atoms with van der Waals surface area (Å²) in [4.78, 5) is 13.3. The average Bonchev–Trinajstić information content (AvgIpc) is 2.38. The Hall–Kier alpha value is -1.14. The zero-order valence-corrected chi connectivity index (χ0v) is 11.8. The number of carbonyl (C=O) groups is 1. The third kappa shape index (κ3) is 4.80. The molecule has 0 spiro atoms. The number of halogens is 2. The molecule has 6 heteroatoms. The molecular formula is C13H18F2N2OS. The minimum Gasteiger partial charge on any atom is -0.340 e. The van der Waals surface area contributed by atoms with E-state index in [0.717, 1.165) is 11.8 Å². The number of carbonyl (C=O) groups excluding carboxylic acids is 1. The summed E-state index contributed by atoms with van der Waals surface area (Å²) in [6, 6.07) is 2.73. The minimum absolute atomic E-state index is 0.0813. The van der Waals surface area contributed by atoms with Gasteiger partial charge in [-0.1, -0.05) is 6.07 Å². The Morgan fingerprint density at radius 3 is 2.74 bits per heavy atom. The molecule has 1 aromatic carbocycles. The van der Waals surface area contributed by atoms with Gasteiger partial charge in [0.05, 0.1) is 6.04 Å². The SMILES string of the molecule is CSCC[C@@H](N)C(=O)N(C)Cc1ccc(F)cc1F. The molecule has 0 aromatic heterocycles. The van der Waals surface area contributed by atoms with Crippen LogP contribution in [0.15, 0.2) is 18.2 Å². The molecule has 0 radical (unpaired) electrons. The van der Waals surface area contributed by atoms with Gasteiger partial charge in [0.15, 0.2) is 0 Å². The molecule has 0 aliphatic carbocycles. The molecule has 2 N–H and O–H groups in total. The molecule has 3 nitrogen and oxygen atoms in total. The molecule has 1 aromatic rings. The van der Waals surface area contributed by atoms with Crippen LogP contribution in [0.1, 0.15) is 12.0 Å². The predicted octanol–water partition coefficient (Wildman–Crippen LogP) is 2.00. The summed E-state index contributed by atoms with van der Waals surface area (Å²) in [6.07, 6.45) is 2.52. The second kappa shape index (κ2) is 7.45. The van der Waals surface area contributed by atoms with Gasteiger partial charge in [0, 0.05) is 25.2 Å². The molecule has 0 bridgehead atoms. The van der Waals surface area contributed by atoms with Gasteiger partial charge in [-0.25, -0.2) is 8.78 Å². The molecule has 1 rings (SSSR count). The number of benzene rings is 1. The summed E-state index contributed by atoms with van der Waals surface area (Å²) in [7, 11) is 1.56. The number of thioether (sulfide) groups is 1. The lowest BCUT2D eigenvalue weighted by molar-refractivity contribution is -0.131. The normalized spacial score (nSPS) is 12.3. The van der Waals surface area contributed by atoms with E-state index in [4.69, 9.17) is 5.73 Å². The Balaban J connectivity index is 2.63. The highest BCUT2D eigenvalue weighted by Crippen LogP contribution is 2.12. The van der Waals surface area contributed by atoms with Crippen LogP contribution in [-0.2, 0) is 11.3 Å². The van der Waals surface area contributed by atoms with E-state index in [2.05, 4.69) is 0 Å². The third-order valence-electron chi connectivity index (χ3n) is 2.75. The average molecular weight is 288 g/mol. The van der Waals surface area contributed by atoms with Crippen LogP contribution in [-0.4, -0.2) is 35.9 Å². The molecule has 1 atom stereocenters. The molecule has 0 fully saturated rings. The Bertz CT molecular complexity index is 443. The summed E-state index contributed by atoms with van der Waals surface area (Å²) >= 11 is 1.61. The lowest BCUT2D eigenvalue weighted by atomic mass is 10.1. The number of likely N-dealkylation sites (N-methyl/N-ethyl adjacent to an activating group) is 1. The number of nitrogens with zero attached hydrogens (tertiary/aromatic N) is 1. The van der Waals surface area contributed by atoms with Gasteiger partial charge < -0.3 is 10.6 Å². The van der Waals surface area contributed by atoms with E-state index in [1.54, 1.807) is 18.8 Å². The van der Waals surface area contributed by atoms with Gasteiger partial charge in [0.1, 0.15) is 11.6 Å². The molecule has 1 amide bonds. The summed E-state index contributed by atoms with van der Waals surface area (Å²) in [5.41, 5.74) is 6.03. The Morgan fingerprint density at radius 1 is 1.47 bits per heavy atom. The number of hydrogen-bond donors (Lipinski definition) is 1. The predicted molar refractivity (Wildman–Crippen MR) is 73.8 cm³/mol. The number of hydrogen-bond acceptors (Lipinski definition) is 3. The van der Waals surface area contributed by atoms with Gasteiger partial charge in [-0.2, -0.15) is 11.8 Å². The first-order chi connectivity index (χ1) is 8.95. The van der Waals surface area contributed by atoms with Crippen molar-refractivity contribution >= 4 is 17.7 Å². The van der Waals surface area contributed by atoms with E-state index in [9.17, 15) is 13.6 Å². The van der Waals surface area contributed by atoms with E-state index >= 15 is 0 Å². The molecular weight excluding hydrogens is 270 g/mol. The number of nitrogens with two attached hydrogens (primary N) is 1. The van der Waals surface area contributed by atoms with Crippen LogP contribution in [0.25, 0.3) is 0 Å². The lowest BCUT2D eigenvalue weighted by Gasteiger charge is -2.21. The van der Waals surface area contributed by atoms with E-state index in [1.165, 1.54) is 17.0 Å². The highest BCUT2D eigenvalue weighted by molar-refractivity contribution is 7.98. The molecule has 19 heavy (non-hydrogen) atoms. The first kappa shape index (κ1) is 15.9. The quantitative estimate of drug-likeness (QED) is 0.871. The van der Waals surface area contributed by atoms with Crippen LogP contribution in [0, 0.1) is 11.6 Å². The van der Waals surface area contributed by atoms with Crippen molar-refractivity contribution < 1.29 is 13.6 Å². The molecule has 0 saturated carbocycles. The maximum atomic E-state index is 13.5. The topological polar surface area (TPSA) is 46.3 Å². The largest absolute Gasteiger partial charge is 0.340 e. The maximum Gasteiger partial charge on any atom is 0.239 e. The van der Waals surface area contributed by atoms with Crippen molar-refractivity contribution in [1.29, 1.82) is 0 Å². The van der Waals surface area contributed by atoms with Crippen LogP contribution in [0.3, 0.4) is 0 Å². The van der Waals surface area contributed by atoms with E-state index in [-0.39, 0.29) is 18.0 Å². The monoisotopic (exact) mass is 288 g/mol. The second-order valence-electron chi connectivity index (χ2n) is 4.32. The third-order valence-corrected chi connectivity index (χ3v) is 3.39. The summed E-state index contributed by atoms with van der Waals surface area (Å²) in [5.74, 6) is -0.729. The first-order valence-corrected chi connectivity index (χ1v) is 7.28. The van der Waals surface area contributed by atoms with Gasteiger partial charge in [-0.15, -0.1) is 0 Å². The van der Waals surface area contributed by atoms with Crippen LogP contribution >= 0.6 is 11.8 Å². The van der Waals surface area contributed by atoms with Crippen LogP contribution in [0.5, 0.6) is 0 Å². The van der Waals surface area contributed by atoms with Crippen molar-refractivity contribution in [3.05, 3.63) is 35.4 Å². The van der Waals surface area contributed by atoms with Crippen molar-refractivity contribution in [2.75, 3.05) is 19.1 Å². The van der Waals surface area contributed by atoms with Crippen molar-refractivity contribution in [2.24, 2.45) is 5.73 Å². The van der Waals surface area contributed by atoms with Crippen molar-refractivity contribution in [1.82, 2.24) is 4.90 Å². The zero-order chi connectivity index (χ0) is 14.4. The van der Waals surface area contributed by atoms with Crippen LogP contribution in [0.2, 0.25) is 0 Å². The summed E-state index contributed by atoms with van der Waals surface area (Å²) in [6.45, 7) is 0.0813. The first-order valence-electron chi connectivity index (χ1n) is 5.89. The van der Waals surface area contributed by atoms with E-state index in [1.807, 2.05) is 6.26 Å². The van der Waals surface area contributed by atoms with Gasteiger partial charge in [-0.3, -0.25) is 4.79 Å². The van der Waals surface area contributed by atoms with Gasteiger partial charge in [-0.05, 0) is 24.5 Å². The smallest absolute Gasteiger partial charge is 0.239 e. The van der Waals surface area contributed by atoms with E-state index in [0.29, 0.717) is 6.42 Å². The number of amides is 1. The molecule has 0 aliphatic rings. The fourth-order valence-electron chi connectivity index (χ4n) is 1.63. The van der Waals surface area contributed by atoms with Crippen LogP contribution < -0.4 is 5.73 Å². The Labute approximate surface area is 116 Å². The summed E-state index contributed by atoms with van der Waals surface area (Å²) < 4.78 is 26.2. The van der Waals surface area contributed by atoms with E-state index < -0.39 is 17.7 Å².